The molecule has 5 nitrogen and oxygen atoms in total. The maximum Gasteiger partial charge on any atom is 0.167 e. The second-order valence-electron chi connectivity index (χ2n) is 4.47. The van der Waals surface area contributed by atoms with E-state index < -0.39 is 0 Å². The molecule has 0 fully saturated rings. The summed E-state index contributed by atoms with van der Waals surface area (Å²) in [7, 11) is 1.64. The van der Waals surface area contributed by atoms with E-state index in [9.17, 15) is 0 Å². The van der Waals surface area contributed by atoms with Crippen LogP contribution in [0.4, 0.5) is 5.82 Å². The van der Waals surface area contributed by atoms with Crippen LogP contribution in [0.1, 0.15) is 11.1 Å². The van der Waals surface area contributed by atoms with Gasteiger partial charge in [-0.25, -0.2) is 9.97 Å². The van der Waals surface area contributed by atoms with Gasteiger partial charge in [0.2, 0.25) is 0 Å². The number of aryl methyl sites for hydroxylation is 1. The minimum Gasteiger partial charge on any atom is -0.497 e. The van der Waals surface area contributed by atoms with Crippen LogP contribution in [0.25, 0.3) is 10.2 Å². The number of benzene rings is 1. The van der Waals surface area contributed by atoms with Crippen molar-refractivity contribution < 1.29 is 4.74 Å². The summed E-state index contributed by atoms with van der Waals surface area (Å²) in [6, 6.07) is 7.69. The Morgan fingerprint density at radius 3 is 3.10 bits per heavy atom. The molecular formula is C15H14N4OS. The van der Waals surface area contributed by atoms with E-state index in [0.29, 0.717) is 0 Å². The lowest BCUT2D eigenvalue weighted by Crippen LogP contribution is -1.95. The minimum absolute atomic E-state index is 0.720. The predicted octanol–water partition coefficient (Wildman–Crippen LogP) is 3.45. The monoisotopic (exact) mass is 298 g/mol. The van der Waals surface area contributed by atoms with Crippen LogP contribution in [-0.4, -0.2) is 23.3 Å². The van der Waals surface area contributed by atoms with Crippen LogP contribution in [0.5, 0.6) is 5.75 Å². The maximum atomic E-state index is 5.18. The Hall–Kier alpha value is -2.47. The second kappa shape index (κ2) is 5.88. The van der Waals surface area contributed by atoms with E-state index in [1.54, 1.807) is 31.0 Å². The minimum atomic E-state index is 0.720. The van der Waals surface area contributed by atoms with Crippen LogP contribution >= 0.6 is 11.3 Å². The van der Waals surface area contributed by atoms with E-state index in [2.05, 4.69) is 25.9 Å². The Morgan fingerprint density at radius 2 is 2.24 bits per heavy atom. The van der Waals surface area contributed by atoms with Crippen LogP contribution in [-0.2, 0) is 0 Å². The highest BCUT2D eigenvalue weighted by Crippen LogP contribution is 2.28. The zero-order chi connectivity index (χ0) is 14.7. The molecule has 0 amide bonds. The number of aromatic nitrogens is 2. The number of anilines is 1. The van der Waals surface area contributed by atoms with Crippen LogP contribution in [0.3, 0.4) is 0 Å². The molecule has 2 heterocycles. The van der Waals surface area contributed by atoms with Gasteiger partial charge in [0.1, 0.15) is 12.1 Å². The molecule has 0 aliphatic rings. The summed E-state index contributed by atoms with van der Waals surface area (Å²) >= 11 is 1.61. The number of thiophene rings is 1. The summed E-state index contributed by atoms with van der Waals surface area (Å²) in [5.74, 6) is 1.52. The number of hydrogen-bond donors (Lipinski definition) is 1. The van der Waals surface area contributed by atoms with Gasteiger partial charge in [0, 0.05) is 0 Å². The Labute approximate surface area is 126 Å². The van der Waals surface area contributed by atoms with Crippen molar-refractivity contribution in [2.45, 2.75) is 6.92 Å². The molecule has 0 unspecified atom stereocenters. The Kier molecular flexibility index (Phi) is 3.79. The third-order valence-electron chi connectivity index (χ3n) is 3.01. The Balaban J connectivity index is 1.81. The van der Waals surface area contributed by atoms with Crippen molar-refractivity contribution in [2.24, 2.45) is 5.10 Å². The summed E-state index contributed by atoms with van der Waals surface area (Å²) in [6.45, 7) is 2.04. The van der Waals surface area contributed by atoms with Crippen LogP contribution in [0.15, 0.2) is 41.1 Å². The first-order chi connectivity index (χ1) is 10.3. The fourth-order valence-corrected chi connectivity index (χ4v) is 2.88. The fourth-order valence-electron chi connectivity index (χ4n) is 1.94. The van der Waals surface area contributed by atoms with Gasteiger partial charge in [0.05, 0.1) is 23.5 Å². The quantitative estimate of drug-likeness (QED) is 0.592. The zero-order valence-electron chi connectivity index (χ0n) is 11.7. The number of fused-ring (bicyclic) bond motifs is 1. The fraction of sp³-hybridized carbons (Fsp3) is 0.133. The lowest BCUT2D eigenvalue weighted by atomic mass is 10.2. The van der Waals surface area contributed by atoms with Gasteiger partial charge in [-0.3, -0.25) is 5.43 Å². The molecule has 0 saturated carbocycles. The molecule has 0 spiro atoms. The zero-order valence-corrected chi connectivity index (χ0v) is 12.5. The highest BCUT2D eigenvalue weighted by molar-refractivity contribution is 7.18. The van der Waals surface area contributed by atoms with E-state index in [-0.39, 0.29) is 0 Å². The number of hydrazone groups is 1. The third-order valence-corrected chi connectivity index (χ3v) is 4.10. The van der Waals surface area contributed by atoms with Gasteiger partial charge in [-0.15, -0.1) is 11.3 Å². The topological polar surface area (TPSA) is 59.4 Å². The van der Waals surface area contributed by atoms with E-state index in [0.717, 1.165) is 32.9 Å². The Bertz CT molecular complexity index is 797. The highest BCUT2D eigenvalue weighted by atomic mass is 32.1. The van der Waals surface area contributed by atoms with Gasteiger partial charge in [-0.2, -0.15) is 5.10 Å². The van der Waals surface area contributed by atoms with Crippen LogP contribution in [0.2, 0.25) is 0 Å². The van der Waals surface area contributed by atoms with Gasteiger partial charge in [0.25, 0.3) is 0 Å². The van der Waals surface area contributed by atoms with Crippen LogP contribution < -0.4 is 10.2 Å². The lowest BCUT2D eigenvalue weighted by Gasteiger charge is -2.01. The van der Waals surface area contributed by atoms with Crippen molar-refractivity contribution in [3.8, 4) is 5.75 Å². The average molecular weight is 298 g/mol. The molecule has 2 aromatic heterocycles. The summed E-state index contributed by atoms with van der Waals surface area (Å²) < 4.78 is 6.19. The molecule has 0 saturated heterocycles. The molecule has 3 rings (SSSR count). The normalized spacial score (nSPS) is 11.1. The molecule has 106 valence electrons. The predicted molar refractivity (Wildman–Crippen MR) is 86.4 cm³/mol. The van der Waals surface area contributed by atoms with Crippen molar-refractivity contribution in [1.29, 1.82) is 0 Å². The van der Waals surface area contributed by atoms with Gasteiger partial charge >= 0.3 is 0 Å². The summed E-state index contributed by atoms with van der Waals surface area (Å²) in [6.07, 6.45) is 3.28. The molecule has 3 aromatic rings. The molecular weight excluding hydrogens is 284 g/mol. The van der Waals surface area contributed by atoms with E-state index in [1.165, 1.54) is 0 Å². The SMILES string of the molecule is COc1cccc(C=NNc2ncnc3c(C)csc23)c1. The molecule has 1 aromatic carbocycles. The highest BCUT2D eigenvalue weighted by Gasteiger charge is 2.06. The van der Waals surface area contributed by atoms with Gasteiger partial charge in [-0.05, 0) is 35.6 Å². The molecule has 0 aliphatic carbocycles. The van der Waals surface area contributed by atoms with Crippen LogP contribution in [0, 0.1) is 6.92 Å². The maximum absolute atomic E-state index is 5.18. The number of ether oxygens (including phenoxy) is 1. The third kappa shape index (κ3) is 2.85. The first kappa shape index (κ1) is 13.5. The summed E-state index contributed by atoms with van der Waals surface area (Å²) in [5, 5.41) is 6.30. The number of nitrogens with zero attached hydrogens (tertiary/aromatic N) is 3. The number of nitrogens with one attached hydrogen (secondary N) is 1. The van der Waals surface area contributed by atoms with Crippen molar-refractivity contribution in [3.05, 3.63) is 47.1 Å². The van der Waals surface area contributed by atoms with Gasteiger partial charge in [0.15, 0.2) is 5.82 Å². The standard InChI is InChI=1S/C15H14N4OS/c1-10-8-21-14-13(10)16-9-17-15(14)19-18-7-11-4-3-5-12(6-11)20-2/h3-9H,1-2H3,(H,16,17,19). The van der Waals surface area contributed by atoms with E-state index in [1.807, 2.05) is 31.2 Å². The smallest absolute Gasteiger partial charge is 0.167 e. The van der Waals surface area contributed by atoms with Crippen molar-refractivity contribution in [2.75, 3.05) is 12.5 Å². The lowest BCUT2D eigenvalue weighted by molar-refractivity contribution is 0.415. The van der Waals surface area contributed by atoms with Crippen molar-refractivity contribution >= 4 is 33.6 Å². The molecule has 21 heavy (non-hydrogen) atoms. The van der Waals surface area contributed by atoms with Gasteiger partial charge in [-0.1, -0.05) is 12.1 Å². The van der Waals surface area contributed by atoms with E-state index in [4.69, 9.17) is 4.74 Å². The molecule has 0 bridgehead atoms. The average Bonchev–Trinajstić information content (AvgIpc) is 2.90. The molecule has 0 radical (unpaired) electrons. The summed E-state index contributed by atoms with van der Waals surface area (Å²) in [4.78, 5) is 8.52. The Morgan fingerprint density at radius 1 is 1.33 bits per heavy atom. The first-order valence-corrected chi connectivity index (χ1v) is 7.28. The second-order valence-corrected chi connectivity index (χ2v) is 5.34. The van der Waals surface area contributed by atoms with Crippen molar-refractivity contribution in [3.63, 3.8) is 0 Å². The molecule has 1 N–H and O–H groups in total. The number of methoxy groups -OCH3 is 1. The van der Waals surface area contributed by atoms with E-state index >= 15 is 0 Å². The van der Waals surface area contributed by atoms with Crippen molar-refractivity contribution in [1.82, 2.24) is 9.97 Å². The number of rotatable bonds is 4. The first-order valence-electron chi connectivity index (χ1n) is 6.40. The largest absolute Gasteiger partial charge is 0.497 e. The molecule has 0 aliphatic heterocycles. The summed E-state index contributed by atoms with van der Waals surface area (Å²) in [5.41, 5.74) is 6.05. The number of hydrogen-bond acceptors (Lipinski definition) is 6. The molecule has 0 atom stereocenters. The van der Waals surface area contributed by atoms with Gasteiger partial charge < -0.3 is 4.74 Å². The molecule has 6 heteroatoms.